The van der Waals surface area contributed by atoms with Gasteiger partial charge in [0.05, 0.1) is 17.1 Å². The summed E-state index contributed by atoms with van der Waals surface area (Å²) < 4.78 is 32.6. The third-order valence-corrected chi connectivity index (χ3v) is 7.41. The van der Waals surface area contributed by atoms with Crippen molar-refractivity contribution in [3.05, 3.63) is 59.2 Å². The van der Waals surface area contributed by atoms with Crippen molar-refractivity contribution in [3.8, 4) is 0 Å². The van der Waals surface area contributed by atoms with Crippen molar-refractivity contribution in [1.29, 1.82) is 0 Å². The highest BCUT2D eigenvalue weighted by Gasteiger charge is 2.27. The smallest absolute Gasteiger partial charge is 0.338 e. The minimum absolute atomic E-state index is 0.125. The maximum atomic E-state index is 13.0. The Morgan fingerprint density at radius 2 is 1.72 bits per heavy atom. The van der Waals surface area contributed by atoms with Crippen LogP contribution in [0.1, 0.15) is 65.3 Å². The molecule has 0 aromatic heterocycles. The van der Waals surface area contributed by atoms with Gasteiger partial charge in [0.2, 0.25) is 10.0 Å². The molecule has 1 aliphatic rings. The fourth-order valence-electron chi connectivity index (χ4n) is 3.54. The van der Waals surface area contributed by atoms with E-state index in [0.717, 1.165) is 32.1 Å². The van der Waals surface area contributed by atoms with Gasteiger partial charge in [-0.25, -0.2) is 13.2 Å². The van der Waals surface area contributed by atoms with E-state index in [9.17, 15) is 18.0 Å². The summed E-state index contributed by atoms with van der Waals surface area (Å²) in [6.45, 7) is 5.17. The third-order valence-electron chi connectivity index (χ3n) is 5.52. The lowest BCUT2D eigenvalue weighted by molar-refractivity contribution is 0.0499. The summed E-state index contributed by atoms with van der Waals surface area (Å²) in [5.74, 6) is -0.806. The van der Waals surface area contributed by atoms with Crippen LogP contribution in [-0.4, -0.2) is 44.3 Å². The number of anilines is 1. The van der Waals surface area contributed by atoms with Crippen molar-refractivity contribution in [2.45, 2.75) is 50.8 Å². The molecule has 1 N–H and O–H groups in total. The number of benzene rings is 2. The van der Waals surface area contributed by atoms with Crippen LogP contribution in [0.2, 0.25) is 0 Å². The first kappa shape index (κ1) is 23.9. The normalized spacial score (nSPS) is 14.7. The van der Waals surface area contributed by atoms with Crippen LogP contribution >= 0.6 is 0 Å². The van der Waals surface area contributed by atoms with Gasteiger partial charge in [-0.1, -0.05) is 25.8 Å². The van der Waals surface area contributed by atoms with Gasteiger partial charge in [0.1, 0.15) is 0 Å². The Kier molecular flexibility index (Phi) is 8.04. The van der Waals surface area contributed by atoms with Crippen LogP contribution in [0.3, 0.4) is 0 Å². The molecule has 1 amide bonds. The summed E-state index contributed by atoms with van der Waals surface area (Å²) in [6.07, 6.45) is 4.48. The number of rotatable bonds is 8. The lowest BCUT2D eigenvalue weighted by atomic mass is 10.1. The zero-order valence-corrected chi connectivity index (χ0v) is 19.4. The Morgan fingerprint density at radius 1 is 1.03 bits per heavy atom. The quantitative estimate of drug-likeness (QED) is 0.468. The van der Waals surface area contributed by atoms with Crippen molar-refractivity contribution in [2.75, 3.05) is 25.0 Å². The highest BCUT2D eigenvalue weighted by atomic mass is 32.2. The molecule has 7 nitrogen and oxygen atoms in total. The number of carbonyl (C=O) groups excluding carboxylic acids is 2. The average Bonchev–Trinajstić information content (AvgIpc) is 2.80. The van der Waals surface area contributed by atoms with Crippen LogP contribution in [0.25, 0.3) is 0 Å². The number of amides is 1. The number of sulfonamides is 1. The molecule has 0 saturated carbocycles. The molecule has 2 aromatic carbocycles. The van der Waals surface area contributed by atoms with Gasteiger partial charge in [-0.2, -0.15) is 4.31 Å². The zero-order chi connectivity index (χ0) is 23.1. The van der Waals surface area contributed by atoms with Crippen molar-refractivity contribution >= 4 is 27.6 Å². The van der Waals surface area contributed by atoms with Crippen LogP contribution in [0.4, 0.5) is 5.69 Å². The first-order valence-corrected chi connectivity index (χ1v) is 12.5. The number of esters is 1. The van der Waals surface area contributed by atoms with E-state index in [4.69, 9.17) is 4.74 Å². The monoisotopic (exact) mass is 458 g/mol. The summed E-state index contributed by atoms with van der Waals surface area (Å²) in [5.41, 5.74) is 1.89. The number of aryl methyl sites for hydroxylation is 1. The van der Waals surface area contributed by atoms with Crippen LogP contribution in [0, 0.1) is 6.92 Å². The first-order chi connectivity index (χ1) is 15.3. The van der Waals surface area contributed by atoms with Gasteiger partial charge in [0, 0.05) is 24.3 Å². The SMILES string of the molecule is CCCCOC(=O)c1ccc(NC(=O)c2cc(S(=O)(=O)N3CCCCC3)ccc2C)cc1. The van der Waals surface area contributed by atoms with Crippen LogP contribution in [-0.2, 0) is 14.8 Å². The number of nitrogens with zero attached hydrogens (tertiary/aromatic N) is 1. The standard InChI is InChI=1S/C24H30N2O5S/c1-3-4-16-31-24(28)19-9-11-20(12-10-19)25-23(27)22-17-21(13-8-18(22)2)32(29,30)26-14-6-5-7-15-26/h8-13,17H,3-7,14-16H2,1-2H3,(H,25,27). The van der Waals surface area contributed by atoms with Gasteiger partial charge in [-0.05, 0) is 68.1 Å². The Balaban J connectivity index is 1.72. The summed E-state index contributed by atoms with van der Waals surface area (Å²) in [7, 11) is -3.63. The number of ether oxygens (including phenoxy) is 1. The minimum Gasteiger partial charge on any atom is -0.462 e. The van der Waals surface area contributed by atoms with E-state index in [-0.39, 0.29) is 4.90 Å². The Labute approximate surface area is 189 Å². The Morgan fingerprint density at radius 3 is 2.38 bits per heavy atom. The number of piperidine rings is 1. The van der Waals surface area contributed by atoms with Crippen LogP contribution in [0.5, 0.6) is 0 Å². The second kappa shape index (κ2) is 10.7. The minimum atomic E-state index is -3.63. The molecule has 1 heterocycles. The number of hydrogen-bond donors (Lipinski definition) is 1. The van der Waals surface area contributed by atoms with Crippen molar-refractivity contribution in [1.82, 2.24) is 4.31 Å². The molecule has 1 fully saturated rings. The highest BCUT2D eigenvalue weighted by molar-refractivity contribution is 7.89. The van der Waals surface area contributed by atoms with E-state index >= 15 is 0 Å². The van der Waals surface area contributed by atoms with Gasteiger partial charge in [0.15, 0.2) is 0 Å². The van der Waals surface area contributed by atoms with Crippen molar-refractivity contribution in [3.63, 3.8) is 0 Å². The van der Waals surface area contributed by atoms with Gasteiger partial charge < -0.3 is 10.1 Å². The first-order valence-electron chi connectivity index (χ1n) is 11.0. The molecule has 1 aliphatic heterocycles. The van der Waals surface area contributed by atoms with Crippen molar-refractivity contribution in [2.24, 2.45) is 0 Å². The molecule has 1 saturated heterocycles. The van der Waals surface area contributed by atoms with E-state index in [1.807, 2.05) is 6.92 Å². The molecule has 8 heteroatoms. The summed E-state index contributed by atoms with van der Waals surface area (Å²) >= 11 is 0. The molecule has 0 radical (unpaired) electrons. The number of unbranched alkanes of at least 4 members (excludes halogenated alkanes) is 1. The second-order valence-electron chi connectivity index (χ2n) is 7.96. The Bertz CT molecular complexity index is 1060. The van der Waals surface area contributed by atoms with Gasteiger partial charge in [-0.3, -0.25) is 4.79 Å². The van der Waals surface area contributed by atoms with E-state index in [1.165, 1.54) is 10.4 Å². The molecule has 172 valence electrons. The predicted molar refractivity (Wildman–Crippen MR) is 123 cm³/mol. The number of carbonyl (C=O) groups is 2. The van der Waals surface area contributed by atoms with Gasteiger partial charge >= 0.3 is 5.97 Å². The van der Waals surface area contributed by atoms with Gasteiger partial charge in [0.25, 0.3) is 5.91 Å². The summed E-state index contributed by atoms with van der Waals surface area (Å²) in [5, 5.41) is 2.78. The summed E-state index contributed by atoms with van der Waals surface area (Å²) in [4.78, 5) is 25.0. The third kappa shape index (κ3) is 5.75. The molecule has 0 spiro atoms. The van der Waals surface area contributed by atoms with Gasteiger partial charge in [-0.15, -0.1) is 0 Å². The molecule has 3 rings (SSSR count). The number of nitrogens with one attached hydrogen (secondary N) is 1. The fraction of sp³-hybridized carbons (Fsp3) is 0.417. The average molecular weight is 459 g/mol. The Hall–Kier alpha value is -2.71. The largest absolute Gasteiger partial charge is 0.462 e. The lowest BCUT2D eigenvalue weighted by Crippen LogP contribution is -2.35. The van der Waals surface area contributed by atoms with Crippen molar-refractivity contribution < 1.29 is 22.7 Å². The molecule has 0 aliphatic carbocycles. The molecule has 0 bridgehead atoms. The molecular weight excluding hydrogens is 428 g/mol. The maximum absolute atomic E-state index is 13.0. The molecule has 0 unspecified atom stereocenters. The van der Waals surface area contributed by atoms with E-state index < -0.39 is 21.9 Å². The predicted octanol–water partition coefficient (Wildman–Crippen LogP) is 4.38. The molecular formula is C24H30N2O5S. The maximum Gasteiger partial charge on any atom is 0.338 e. The lowest BCUT2D eigenvalue weighted by Gasteiger charge is -2.26. The highest BCUT2D eigenvalue weighted by Crippen LogP contribution is 2.23. The molecule has 0 atom stereocenters. The molecule has 2 aromatic rings. The summed E-state index contributed by atoms with van der Waals surface area (Å²) in [6, 6.07) is 11.1. The zero-order valence-electron chi connectivity index (χ0n) is 18.6. The van der Waals surface area contributed by atoms with Crippen LogP contribution in [0.15, 0.2) is 47.4 Å². The fourth-order valence-corrected chi connectivity index (χ4v) is 5.08. The van der Waals surface area contributed by atoms with Crippen LogP contribution < -0.4 is 5.32 Å². The number of hydrogen-bond acceptors (Lipinski definition) is 5. The molecule has 32 heavy (non-hydrogen) atoms. The van der Waals surface area contributed by atoms with E-state index in [0.29, 0.717) is 42.1 Å². The van der Waals surface area contributed by atoms with E-state index in [1.54, 1.807) is 43.3 Å². The second-order valence-corrected chi connectivity index (χ2v) is 9.90. The van der Waals surface area contributed by atoms with E-state index in [2.05, 4.69) is 5.32 Å². The topological polar surface area (TPSA) is 92.8 Å².